The molecule has 1 N–H and O–H groups in total. The number of benzene rings is 1. The van der Waals surface area contributed by atoms with Crippen molar-refractivity contribution in [2.24, 2.45) is 0 Å². The molecule has 1 saturated heterocycles. The van der Waals surface area contributed by atoms with E-state index in [0.29, 0.717) is 6.54 Å². The van der Waals surface area contributed by atoms with Crippen molar-refractivity contribution in [3.8, 4) is 5.75 Å². The molecule has 1 aliphatic carbocycles. The van der Waals surface area contributed by atoms with Gasteiger partial charge in [0.25, 0.3) is 0 Å². The number of carbonyl (C=O) groups is 1. The summed E-state index contributed by atoms with van der Waals surface area (Å²) in [5.41, 5.74) is 1.88. The first-order valence-corrected chi connectivity index (χ1v) is 5.38. The van der Waals surface area contributed by atoms with Crippen LogP contribution in [0.5, 0.6) is 5.75 Å². The molecule has 1 heterocycles. The van der Waals surface area contributed by atoms with Crippen molar-refractivity contribution < 1.29 is 14.3 Å². The Kier molecular flexibility index (Phi) is 1.87. The Labute approximate surface area is 93.5 Å². The molecule has 0 aromatic heterocycles. The van der Waals surface area contributed by atoms with Crippen LogP contribution < -0.4 is 10.1 Å². The van der Waals surface area contributed by atoms with Gasteiger partial charge in [-0.2, -0.15) is 0 Å². The number of amides is 1. The van der Waals surface area contributed by atoms with Crippen molar-refractivity contribution in [1.82, 2.24) is 5.32 Å². The lowest BCUT2D eigenvalue weighted by molar-refractivity contribution is 0.0559. The molecule has 1 unspecified atom stereocenters. The third kappa shape index (κ3) is 1.19. The van der Waals surface area contributed by atoms with Crippen LogP contribution in [-0.4, -0.2) is 19.7 Å². The molecule has 1 atom stereocenters. The minimum Gasteiger partial charge on any atom is -0.497 e. The van der Waals surface area contributed by atoms with Gasteiger partial charge < -0.3 is 14.8 Å². The van der Waals surface area contributed by atoms with Gasteiger partial charge in [-0.15, -0.1) is 0 Å². The summed E-state index contributed by atoms with van der Waals surface area (Å²) in [6, 6.07) is 5.97. The predicted octanol–water partition coefficient (Wildman–Crippen LogP) is 1.58. The predicted molar refractivity (Wildman–Crippen MR) is 57.5 cm³/mol. The zero-order chi connectivity index (χ0) is 11.2. The molecule has 1 aliphatic heterocycles. The molecule has 1 amide bonds. The van der Waals surface area contributed by atoms with Crippen molar-refractivity contribution in [2.75, 3.05) is 13.7 Å². The first-order chi connectivity index (χ1) is 7.73. The second kappa shape index (κ2) is 3.14. The fraction of sp³-hybridized carbons (Fsp3) is 0.417. The Balaban J connectivity index is 2.07. The third-order valence-electron chi connectivity index (χ3n) is 3.41. The molecule has 0 radical (unpaired) electrons. The summed E-state index contributed by atoms with van der Waals surface area (Å²) in [5, 5.41) is 2.73. The molecular weight excluding hydrogens is 206 g/mol. The molecule has 1 fully saturated rings. The highest BCUT2D eigenvalue weighted by Crippen LogP contribution is 2.43. The highest BCUT2D eigenvalue weighted by atomic mass is 16.6. The maximum atomic E-state index is 11.2. The number of nitrogens with one attached hydrogen (secondary N) is 1. The number of hydrogen-bond donors (Lipinski definition) is 1. The molecule has 1 aromatic carbocycles. The van der Waals surface area contributed by atoms with E-state index in [1.165, 1.54) is 5.56 Å². The lowest BCUT2D eigenvalue weighted by Crippen LogP contribution is -2.27. The monoisotopic (exact) mass is 219 g/mol. The molecule has 1 spiro atoms. The van der Waals surface area contributed by atoms with Crippen LogP contribution in [0.25, 0.3) is 0 Å². The van der Waals surface area contributed by atoms with Crippen LogP contribution in [0, 0.1) is 0 Å². The fourth-order valence-corrected chi connectivity index (χ4v) is 2.55. The van der Waals surface area contributed by atoms with Gasteiger partial charge in [0, 0.05) is 5.56 Å². The minimum atomic E-state index is -0.457. The second-order valence-electron chi connectivity index (χ2n) is 4.26. The SMILES string of the molecule is COc1ccc2c(c1)C1(CC2)CNC(=O)O1. The zero-order valence-corrected chi connectivity index (χ0v) is 9.08. The Morgan fingerprint density at radius 3 is 3.06 bits per heavy atom. The van der Waals surface area contributed by atoms with Crippen molar-refractivity contribution in [2.45, 2.75) is 18.4 Å². The van der Waals surface area contributed by atoms with E-state index >= 15 is 0 Å². The molecule has 84 valence electrons. The lowest BCUT2D eigenvalue weighted by atomic mass is 9.96. The van der Waals surface area contributed by atoms with Crippen molar-refractivity contribution in [3.05, 3.63) is 29.3 Å². The van der Waals surface area contributed by atoms with E-state index < -0.39 is 5.60 Å². The summed E-state index contributed by atoms with van der Waals surface area (Å²) in [5.74, 6) is 0.808. The normalized spacial score (nSPS) is 26.4. The molecule has 16 heavy (non-hydrogen) atoms. The van der Waals surface area contributed by atoms with E-state index in [1.54, 1.807) is 7.11 Å². The summed E-state index contributed by atoms with van der Waals surface area (Å²) in [7, 11) is 1.64. The number of aryl methyl sites for hydroxylation is 1. The number of methoxy groups -OCH3 is 1. The molecular formula is C12H13NO3. The van der Waals surface area contributed by atoms with Gasteiger partial charge in [-0.1, -0.05) is 6.07 Å². The van der Waals surface area contributed by atoms with Gasteiger partial charge in [0.1, 0.15) is 5.75 Å². The van der Waals surface area contributed by atoms with E-state index in [1.807, 2.05) is 12.1 Å². The fourth-order valence-electron chi connectivity index (χ4n) is 2.55. The summed E-state index contributed by atoms with van der Waals surface area (Å²) in [6.45, 7) is 0.562. The number of carbonyl (C=O) groups excluding carboxylic acids is 1. The van der Waals surface area contributed by atoms with Crippen LogP contribution in [0.2, 0.25) is 0 Å². The minimum absolute atomic E-state index is 0.323. The zero-order valence-electron chi connectivity index (χ0n) is 9.08. The highest BCUT2D eigenvalue weighted by molar-refractivity contribution is 5.71. The average molecular weight is 219 g/mol. The molecule has 2 aliphatic rings. The Morgan fingerprint density at radius 1 is 1.50 bits per heavy atom. The van der Waals surface area contributed by atoms with Crippen LogP contribution >= 0.6 is 0 Å². The van der Waals surface area contributed by atoms with Gasteiger partial charge >= 0.3 is 6.09 Å². The number of alkyl carbamates (subject to hydrolysis) is 1. The van der Waals surface area contributed by atoms with Gasteiger partial charge in [0.2, 0.25) is 0 Å². The second-order valence-corrected chi connectivity index (χ2v) is 4.26. The van der Waals surface area contributed by atoms with E-state index in [4.69, 9.17) is 9.47 Å². The van der Waals surface area contributed by atoms with Crippen molar-refractivity contribution >= 4 is 6.09 Å². The summed E-state index contributed by atoms with van der Waals surface area (Å²) < 4.78 is 10.6. The summed E-state index contributed by atoms with van der Waals surface area (Å²) in [4.78, 5) is 11.2. The summed E-state index contributed by atoms with van der Waals surface area (Å²) >= 11 is 0. The van der Waals surface area contributed by atoms with Gasteiger partial charge in [0.15, 0.2) is 5.60 Å². The van der Waals surface area contributed by atoms with E-state index in [9.17, 15) is 4.79 Å². The van der Waals surface area contributed by atoms with Crippen LogP contribution in [0.4, 0.5) is 4.79 Å². The standard InChI is InChI=1S/C12H13NO3/c1-15-9-3-2-8-4-5-12(10(8)6-9)7-13-11(14)16-12/h2-3,6H,4-5,7H2,1H3,(H,13,14). The van der Waals surface area contributed by atoms with Crippen LogP contribution in [0.3, 0.4) is 0 Å². The van der Waals surface area contributed by atoms with E-state index in [2.05, 4.69) is 11.4 Å². The molecule has 3 rings (SSSR count). The lowest BCUT2D eigenvalue weighted by Gasteiger charge is -2.21. The van der Waals surface area contributed by atoms with Crippen molar-refractivity contribution in [3.63, 3.8) is 0 Å². The number of fused-ring (bicyclic) bond motifs is 2. The first kappa shape index (κ1) is 9.51. The number of ether oxygens (including phenoxy) is 2. The maximum Gasteiger partial charge on any atom is 0.408 e. The topological polar surface area (TPSA) is 47.6 Å². The van der Waals surface area contributed by atoms with Gasteiger partial charge in [-0.3, -0.25) is 0 Å². The Hall–Kier alpha value is -1.71. The largest absolute Gasteiger partial charge is 0.497 e. The Morgan fingerprint density at radius 2 is 2.38 bits per heavy atom. The summed E-state index contributed by atoms with van der Waals surface area (Å²) in [6.07, 6.45) is 1.48. The van der Waals surface area contributed by atoms with Crippen molar-refractivity contribution in [1.29, 1.82) is 0 Å². The van der Waals surface area contributed by atoms with Crippen LogP contribution in [0.1, 0.15) is 17.5 Å². The molecule has 4 nitrogen and oxygen atoms in total. The molecule has 0 saturated carbocycles. The van der Waals surface area contributed by atoms with Gasteiger partial charge in [0.05, 0.1) is 13.7 Å². The Bertz CT molecular complexity index is 458. The molecule has 1 aromatic rings. The third-order valence-corrected chi connectivity index (χ3v) is 3.41. The van der Waals surface area contributed by atoms with Crippen LogP contribution in [-0.2, 0) is 16.8 Å². The number of rotatable bonds is 1. The van der Waals surface area contributed by atoms with E-state index in [0.717, 1.165) is 24.2 Å². The average Bonchev–Trinajstić information content (AvgIpc) is 2.85. The first-order valence-electron chi connectivity index (χ1n) is 5.38. The molecule has 4 heteroatoms. The van der Waals surface area contributed by atoms with Gasteiger partial charge in [-0.25, -0.2) is 4.79 Å². The highest BCUT2D eigenvalue weighted by Gasteiger charge is 2.46. The molecule has 0 bridgehead atoms. The quantitative estimate of drug-likeness (QED) is 0.780. The smallest absolute Gasteiger partial charge is 0.408 e. The maximum absolute atomic E-state index is 11.2. The number of hydrogen-bond acceptors (Lipinski definition) is 3. The van der Waals surface area contributed by atoms with Crippen LogP contribution in [0.15, 0.2) is 18.2 Å². The van der Waals surface area contributed by atoms with Gasteiger partial charge in [-0.05, 0) is 30.5 Å². The van der Waals surface area contributed by atoms with E-state index in [-0.39, 0.29) is 6.09 Å².